The van der Waals surface area contributed by atoms with Crippen LogP contribution in [0.25, 0.3) is 0 Å². The molecule has 0 amide bonds. The Morgan fingerprint density at radius 3 is 1.17 bits per heavy atom. The Morgan fingerprint density at radius 2 is 1.00 bits per heavy atom. The molecular weight excluding hydrogens is 184 g/mol. The lowest BCUT2D eigenvalue weighted by Crippen LogP contribution is -2.16. The first-order chi connectivity index (χ1) is 5.33. The summed E-state index contributed by atoms with van der Waals surface area (Å²) in [5.41, 5.74) is 0. The molecule has 0 unspecified atom stereocenters. The van der Waals surface area contributed by atoms with E-state index in [1.165, 1.54) is 12.8 Å². The molecule has 12 heavy (non-hydrogen) atoms. The fourth-order valence-electron chi connectivity index (χ4n) is 0.343. The highest BCUT2D eigenvalue weighted by molar-refractivity contribution is 8.77. The van der Waals surface area contributed by atoms with Gasteiger partial charge in [-0.2, -0.15) is 0 Å². The van der Waals surface area contributed by atoms with Gasteiger partial charge in [0.1, 0.15) is 0 Å². The maximum Gasteiger partial charge on any atom is 0.0205 e. The van der Waals surface area contributed by atoms with Crippen LogP contribution in [0.2, 0.25) is 0 Å². The van der Waals surface area contributed by atoms with Gasteiger partial charge in [0.15, 0.2) is 0 Å². The fourth-order valence-corrected chi connectivity index (χ4v) is 3.09. The van der Waals surface area contributed by atoms with Crippen molar-refractivity contribution in [3.05, 3.63) is 0 Å². The number of hydrogen-bond donors (Lipinski definition) is 0. The molecule has 0 atom stereocenters. The molecule has 0 bridgehead atoms. The predicted octanol–water partition coefficient (Wildman–Crippen LogP) is 4.75. The standard InChI is InChI=1S/C10H22S2/c1-7-9(3,4)11-12-10(5,6)8-2/h7-8H2,1-6H3. The van der Waals surface area contributed by atoms with Crippen molar-refractivity contribution in [1.82, 2.24) is 0 Å². The third kappa shape index (κ3) is 5.36. The lowest BCUT2D eigenvalue weighted by Gasteiger charge is -2.28. The average molecular weight is 206 g/mol. The molecule has 0 saturated heterocycles. The highest BCUT2D eigenvalue weighted by Gasteiger charge is 2.22. The van der Waals surface area contributed by atoms with E-state index in [9.17, 15) is 0 Å². The zero-order valence-electron chi connectivity index (χ0n) is 9.23. The Balaban J connectivity index is 3.82. The molecule has 0 rings (SSSR count). The van der Waals surface area contributed by atoms with Crippen LogP contribution < -0.4 is 0 Å². The second-order valence-corrected chi connectivity index (χ2v) is 7.94. The lowest BCUT2D eigenvalue weighted by molar-refractivity contribution is 0.681. The molecule has 0 aromatic heterocycles. The Labute approximate surface area is 85.7 Å². The first-order valence-corrected chi connectivity index (χ1v) is 6.85. The van der Waals surface area contributed by atoms with Crippen molar-refractivity contribution in [3.63, 3.8) is 0 Å². The molecule has 2 heteroatoms. The summed E-state index contributed by atoms with van der Waals surface area (Å²) < 4.78 is 0.855. The minimum Gasteiger partial charge on any atom is -0.0873 e. The highest BCUT2D eigenvalue weighted by Crippen LogP contribution is 2.45. The van der Waals surface area contributed by atoms with Gasteiger partial charge in [-0.1, -0.05) is 35.4 Å². The SMILES string of the molecule is CCC(C)(C)SSC(C)(C)CC. The van der Waals surface area contributed by atoms with E-state index in [-0.39, 0.29) is 0 Å². The van der Waals surface area contributed by atoms with E-state index >= 15 is 0 Å². The minimum atomic E-state index is 0.428. The van der Waals surface area contributed by atoms with Gasteiger partial charge in [-0.3, -0.25) is 0 Å². The Bertz CT molecular complexity index is 112. The van der Waals surface area contributed by atoms with Crippen LogP contribution in [0.4, 0.5) is 0 Å². The molecule has 0 aliphatic heterocycles. The van der Waals surface area contributed by atoms with Crippen molar-refractivity contribution in [3.8, 4) is 0 Å². The predicted molar refractivity (Wildman–Crippen MR) is 63.9 cm³/mol. The van der Waals surface area contributed by atoms with Gasteiger partial charge in [-0.15, -0.1) is 0 Å². The Hall–Kier alpha value is 0.700. The smallest absolute Gasteiger partial charge is 0.0205 e. The van der Waals surface area contributed by atoms with E-state index in [0.29, 0.717) is 9.49 Å². The molecule has 0 heterocycles. The molecule has 74 valence electrons. The molecule has 0 fully saturated rings. The summed E-state index contributed by atoms with van der Waals surface area (Å²) in [7, 11) is 4.05. The van der Waals surface area contributed by atoms with Gasteiger partial charge in [-0.25, -0.2) is 0 Å². The van der Waals surface area contributed by atoms with Gasteiger partial charge in [0.05, 0.1) is 0 Å². The topological polar surface area (TPSA) is 0 Å². The molecule has 0 nitrogen and oxygen atoms in total. The van der Waals surface area contributed by atoms with E-state index in [1.54, 1.807) is 0 Å². The molecule has 0 saturated carbocycles. The van der Waals surface area contributed by atoms with E-state index in [4.69, 9.17) is 0 Å². The molecule has 0 spiro atoms. The number of hydrogen-bond acceptors (Lipinski definition) is 2. The molecule has 0 N–H and O–H groups in total. The third-order valence-electron chi connectivity index (χ3n) is 2.20. The average Bonchev–Trinajstić information content (AvgIpc) is 2.02. The number of rotatable bonds is 5. The van der Waals surface area contributed by atoms with E-state index in [0.717, 1.165) is 0 Å². The Morgan fingerprint density at radius 1 is 0.750 bits per heavy atom. The molecule has 0 radical (unpaired) electrons. The lowest BCUT2D eigenvalue weighted by atomic mass is 10.1. The van der Waals surface area contributed by atoms with Crippen LogP contribution >= 0.6 is 21.6 Å². The van der Waals surface area contributed by atoms with Crippen molar-refractivity contribution < 1.29 is 0 Å². The van der Waals surface area contributed by atoms with Crippen LogP contribution in [0.5, 0.6) is 0 Å². The molecule has 0 aliphatic rings. The van der Waals surface area contributed by atoms with E-state index < -0.39 is 0 Å². The molecule has 0 aromatic rings. The van der Waals surface area contributed by atoms with Crippen LogP contribution in [0, 0.1) is 0 Å². The van der Waals surface area contributed by atoms with Crippen LogP contribution in [0.3, 0.4) is 0 Å². The maximum atomic E-state index is 2.32. The summed E-state index contributed by atoms with van der Waals surface area (Å²) in [6, 6.07) is 0. The molecule has 0 aliphatic carbocycles. The van der Waals surface area contributed by atoms with Crippen molar-refractivity contribution in [2.75, 3.05) is 0 Å². The van der Waals surface area contributed by atoms with E-state index in [2.05, 4.69) is 41.5 Å². The largest absolute Gasteiger partial charge is 0.0873 e. The van der Waals surface area contributed by atoms with Gasteiger partial charge in [-0.05, 0) is 40.5 Å². The maximum absolute atomic E-state index is 2.32. The van der Waals surface area contributed by atoms with Gasteiger partial charge in [0.2, 0.25) is 0 Å². The van der Waals surface area contributed by atoms with Crippen LogP contribution in [0.15, 0.2) is 0 Å². The van der Waals surface area contributed by atoms with Crippen molar-refractivity contribution in [2.45, 2.75) is 63.9 Å². The normalized spacial score (nSPS) is 13.5. The Kier molecular flexibility index (Phi) is 5.08. The summed E-state index contributed by atoms with van der Waals surface area (Å²) >= 11 is 0. The monoisotopic (exact) mass is 206 g/mol. The summed E-state index contributed by atoms with van der Waals surface area (Å²) in [5.74, 6) is 0. The van der Waals surface area contributed by atoms with Crippen molar-refractivity contribution >= 4 is 21.6 Å². The summed E-state index contributed by atoms with van der Waals surface area (Å²) in [6.45, 7) is 13.8. The van der Waals surface area contributed by atoms with Crippen molar-refractivity contribution in [2.24, 2.45) is 0 Å². The van der Waals surface area contributed by atoms with Crippen LogP contribution in [0.1, 0.15) is 54.4 Å². The summed E-state index contributed by atoms with van der Waals surface area (Å²) in [5, 5.41) is 0. The fraction of sp³-hybridized carbons (Fsp3) is 1.00. The first kappa shape index (κ1) is 12.7. The van der Waals surface area contributed by atoms with Crippen LogP contribution in [-0.4, -0.2) is 9.49 Å². The van der Waals surface area contributed by atoms with Crippen molar-refractivity contribution in [1.29, 1.82) is 0 Å². The van der Waals surface area contributed by atoms with Gasteiger partial charge in [0, 0.05) is 9.49 Å². The third-order valence-corrected chi connectivity index (χ3v) is 6.72. The molecule has 0 aromatic carbocycles. The van der Waals surface area contributed by atoms with Gasteiger partial charge >= 0.3 is 0 Å². The first-order valence-electron chi connectivity index (χ1n) is 4.70. The summed E-state index contributed by atoms with van der Waals surface area (Å²) in [4.78, 5) is 0. The summed E-state index contributed by atoms with van der Waals surface area (Å²) in [6.07, 6.45) is 2.48. The second-order valence-electron chi connectivity index (χ2n) is 4.39. The highest BCUT2D eigenvalue weighted by atomic mass is 33.1. The van der Waals surface area contributed by atoms with Gasteiger partial charge in [0.25, 0.3) is 0 Å². The zero-order chi connectivity index (χ0) is 9.83. The zero-order valence-corrected chi connectivity index (χ0v) is 10.9. The van der Waals surface area contributed by atoms with Gasteiger partial charge < -0.3 is 0 Å². The minimum absolute atomic E-state index is 0.428. The molecular formula is C10H22S2. The van der Waals surface area contributed by atoms with Crippen LogP contribution in [-0.2, 0) is 0 Å². The quantitative estimate of drug-likeness (QED) is 0.596. The second kappa shape index (κ2) is 4.80. The van der Waals surface area contributed by atoms with E-state index in [1.807, 2.05) is 21.6 Å².